The maximum absolute atomic E-state index is 12.0. The number of hydrogen-bond donors (Lipinski definition) is 2. The summed E-state index contributed by atoms with van der Waals surface area (Å²) in [6.07, 6.45) is -2.34. The predicted octanol–water partition coefficient (Wildman–Crippen LogP) is 1.66. The molecule has 0 spiro atoms. The molecule has 0 aliphatic heterocycles. The van der Waals surface area contributed by atoms with Gasteiger partial charge in [-0.25, -0.2) is 0 Å². The van der Waals surface area contributed by atoms with Gasteiger partial charge in [-0.2, -0.15) is 13.2 Å². The molecule has 1 heterocycles. The Hall–Kier alpha value is -1.38. The number of ether oxygens (including phenoxy) is 2. The van der Waals surface area contributed by atoms with Gasteiger partial charge in [-0.3, -0.25) is 16.3 Å². The van der Waals surface area contributed by atoms with Crippen LogP contribution in [0.5, 0.6) is 5.75 Å². The van der Waals surface area contributed by atoms with Crippen LogP contribution in [0.2, 0.25) is 0 Å². The number of nitrogens with one attached hydrogen (secondary N) is 1. The zero-order valence-corrected chi connectivity index (χ0v) is 12.3. The van der Waals surface area contributed by atoms with Crippen molar-refractivity contribution in [1.82, 2.24) is 10.4 Å². The Bertz CT molecular complexity index is 467. The molecule has 3 N–H and O–H groups in total. The number of aromatic nitrogens is 1. The Kier molecular flexibility index (Phi) is 6.38. The first-order chi connectivity index (χ1) is 9.78. The fourth-order valence-electron chi connectivity index (χ4n) is 1.99. The summed E-state index contributed by atoms with van der Waals surface area (Å²) < 4.78 is 46.0. The van der Waals surface area contributed by atoms with E-state index in [-0.39, 0.29) is 6.61 Å². The van der Waals surface area contributed by atoms with E-state index in [0.29, 0.717) is 17.9 Å². The Morgan fingerprint density at radius 3 is 2.57 bits per heavy atom. The molecular formula is C13H20F3N3O2. The van der Waals surface area contributed by atoms with Crippen LogP contribution < -0.4 is 16.0 Å². The van der Waals surface area contributed by atoms with Crippen LogP contribution in [0, 0.1) is 13.8 Å². The Morgan fingerprint density at radius 2 is 2.05 bits per heavy atom. The fourth-order valence-corrected chi connectivity index (χ4v) is 1.99. The van der Waals surface area contributed by atoms with Crippen molar-refractivity contribution in [1.29, 1.82) is 0 Å². The number of nitrogens with zero attached hydrogens (tertiary/aromatic N) is 1. The van der Waals surface area contributed by atoms with Crippen LogP contribution in [0.1, 0.15) is 16.8 Å². The molecule has 0 saturated heterocycles. The van der Waals surface area contributed by atoms with Crippen LogP contribution in [0.3, 0.4) is 0 Å². The zero-order chi connectivity index (χ0) is 16.0. The SMILES string of the molecule is COc1c(C)cnc(CC(COCC(F)(F)F)NN)c1C. The first-order valence-electron chi connectivity index (χ1n) is 6.38. The summed E-state index contributed by atoms with van der Waals surface area (Å²) >= 11 is 0. The van der Waals surface area contributed by atoms with Gasteiger partial charge in [0.15, 0.2) is 0 Å². The molecule has 1 aromatic rings. The maximum Gasteiger partial charge on any atom is 0.411 e. The standard InChI is InChI=1S/C13H20F3N3O2/c1-8-5-18-11(9(2)12(8)20-3)4-10(19-17)6-21-7-13(14,15)16/h5,10,19H,4,6-7,17H2,1-3H3. The van der Waals surface area contributed by atoms with Crippen LogP contribution >= 0.6 is 0 Å². The van der Waals surface area contributed by atoms with E-state index in [9.17, 15) is 13.2 Å². The second-order valence-electron chi connectivity index (χ2n) is 4.74. The highest BCUT2D eigenvalue weighted by Gasteiger charge is 2.28. The number of methoxy groups -OCH3 is 1. The number of aryl methyl sites for hydroxylation is 1. The third-order valence-corrected chi connectivity index (χ3v) is 3.01. The van der Waals surface area contributed by atoms with Gasteiger partial charge in [0.05, 0.1) is 13.7 Å². The lowest BCUT2D eigenvalue weighted by Crippen LogP contribution is -2.41. The van der Waals surface area contributed by atoms with Gasteiger partial charge in [-0.05, 0) is 13.8 Å². The molecule has 0 radical (unpaired) electrons. The van der Waals surface area contributed by atoms with Gasteiger partial charge in [0.2, 0.25) is 0 Å². The van der Waals surface area contributed by atoms with Gasteiger partial charge >= 0.3 is 6.18 Å². The first-order valence-corrected chi connectivity index (χ1v) is 6.38. The predicted molar refractivity (Wildman–Crippen MR) is 72.0 cm³/mol. The molecule has 1 rings (SSSR count). The smallest absolute Gasteiger partial charge is 0.411 e. The number of pyridine rings is 1. The molecule has 0 amide bonds. The summed E-state index contributed by atoms with van der Waals surface area (Å²) in [6.45, 7) is 2.26. The molecule has 0 bridgehead atoms. The summed E-state index contributed by atoms with van der Waals surface area (Å²) in [4.78, 5) is 4.28. The zero-order valence-electron chi connectivity index (χ0n) is 12.3. The monoisotopic (exact) mass is 307 g/mol. The van der Waals surface area contributed by atoms with Gasteiger partial charge in [-0.1, -0.05) is 0 Å². The van der Waals surface area contributed by atoms with Crippen molar-refractivity contribution >= 4 is 0 Å². The lowest BCUT2D eigenvalue weighted by molar-refractivity contribution is -0.175. The van der Waals surface area contributed by atoms with Crippen molar-refractivity contribution in [3.05, 3.63) is 23.0 Å². The van der Waals surface area contributed by atoms with Gasteiger partial charge in [-0.15, -0.1) is 0 Å². The van der Waals surface area contributed by atoms with Crippen molar-refractivity contribution in [2.75, 3.05) is 20.3 Å². The van der Waals surface area contributed by atoms with E-state index in [1.807, 2.05) is 13.8 Å². The van der Waals surface area contributed by atoms with Crippen molar-refractivity contribution in [2.24, 2.45) is 5.84 Å². The lowest BCUT2D eigenvalue weighted by atomic mass is 10.1. The quantitative estimate of drug-likeness (QED) is 0.592. The average Bonchev–Trinajstić information content (AvgIpc) is 2.39. The van der Waals surface area contributed by atoms with Crippen molar-refractivity contribution in [3.8, 4) is 5.75 Å². The van der Waals surface area contributed by atoms with Crippen LogP contribution in [0.4, 0.5) is 13.2 Å². The summed E-state index contributed by atoms with van der Waals surface area (Å²) in [5.41, 5.74) is 4.88. The number of hydrogen-bond acceptors (Lipinski definition) is 5. The van der Waals surface area contributed by atoms with Crippen molar-refractivity contribution in [3.63, 3.8) is 0 Å². The second-order valence-corrected chi connectivity index (χ2v) is 4.74. The Labute approximate surface area is 121 Å². The molecule has 0 aliphatic rings. The molecule has 21 heavy (non-hydrogen) atoms. The number of halogens is 3. The largest absolute Gasteiger partial charge is 0.496 e. The molecule has 0 aromatic carbocycles. The minimum absolute atomic E-state index is 0.159. The highest BCUT2D eigenvalue weighted by molar-refractivity contribution is 5.41. The number of nitrogens with two attached hydrogens (primary N) is 1. The van der Waals surface area contributed by atoms with Crippen molar-refractivity contribution < 1.29 is 22.6 Å². The van der Waals surface area contributed by atoms with Crippen LogP contribution in [0.15, 0.2) is 6.20 Å². The molecule has 5 nitrogen and oxygen atoms in total. The normalized spacial score (nSPS) is 13.3. The van der Waals surface area contributed by atoms with E-state index >= 15 is 0 Å². The highest BCUT2D eigenvalue weighted by Crippen LogP contribution is 2.24. The van der Waals surface area contributed by atoms with Gasteiger partial charge in [0, 0.05) is 35.5 Å². The third-order valence-electron chi connectivity index (χ3n) is 3.01. The number of rotatable bonds is 7. The minimum atomic E-state index is -4.35. The molecule has 0 fully saturated rings. The van der Waals surface area contributed by atoms with E-state index in [2.05, 4.69) is 15.1 Å². The number of alkyl halides is 3. The average molecular weight is 307 g/mol. The third kappa shape index (κ3) is 5.49. The van der Waals surface area contributed by atoms with Crippen molar-refractivity contribution in [2.45, 2.75) is 32.5 Å². The second kappa shape index (κ2) is 7.58. The lowest BCUT2D eigenvalue weighted by Gasteiger charge is -2.19. The first kappa shape index (κ1) is 17.7. The summed E-state index contributed by atoms with van der Waals surface area (Å²) in [6, 6.07) is -0.467. The minimum Gasteiger partial charge on any atom is -0.496 e. The van der Waals surface area contributed by atoms with Gasteiger partial charge in [0.25, 0.3) is 0 Å². The van der Waals surface area contributed by atoms with Crippen LogP contribution in [-0.4, -0.2) is 37.5 Å². The molecule has 8 heteroatoms. The maximum atomic E-state index is 12.0. The molecule has 1 atom stereocenters. The van der Waals surface area contributed by atoms with E-state index in [1.165, 1.54) is 0 Å². The van der Waals surface area contributed by atoms with Crippen LogP contribution in [-0.2, 0) is 11.2 Å². The van der Waals surface area contributed by atoms with E-state index in [4.69, 9.17) is 10.6 Å². The topological polar surface area (TPSA) is 69.4 Å². The van der Waals surface area contributed by atoms with E-state index < -0.39 is 18.8 Å². The van der Waals surface area contributed by atoms with E-state index in [1.54, 1.807) is 13.3 Å². The molecule has 0 aliphatic carbocycles. The molecular weight excluding hydrogens is 287 g/mol. The molecule has 1 unspecified atom stereocenters. The van der Waals surface area contributed by atoms with Gasteiger partial charge in [0.1, 0.15) is 12.4 Å². The molecule has 120 valence electrons. The highest BCUT2D eigenvalue weighted by atomic mass is 19.4. The summed E-state index contributed by atoms with van der Waals surface area (Å²) in [5.74, 6) is 6.07. The van der Waals surface area contributed by atoms with Gasteiger partial charge < -0.3 is 9.47 Å². The van der Waals surface area contributed by atoms with E-state index in [0.717, 1.165) is 11.1 Å². The Morgan fingerprint density at radius 1 is 1.38 bits per heavy atom. The van der Waals surface area contributed by atoms with Crippen LogP contribution in [0.25, 0.3) is 0 Å². The number of hydrazine groups is 1. The fraction of sp³-hybridized carbons (Fsp3) is 0.615. The summed E-state index contributed by atoms with van der Waals surface area (Å²) in [7, 11) is 1.56. The molecule has 1 aromatic heterocycles. The Balaban J connectivity index is 2.69. The molecule has 0 saturated carbocycles. The summed E-state index contributed by atoms with van der Waals surface area (Å²) in [5, 5.41) is 0.